The van der Waals surface area contributed by atoms with Gasteiger partial charge in [-0.25, -0.2) is 0 Å². The second-order valence-corrected chi connectivity index (χ2v) is 4.69. The van der Waals surface area contributed by atoms with E-state index in [9.17, 15) is 0 Å². The Morgan fingerprint density at radius 1 is 1.31 bits per heavy atom. The molecule has 0 aliphatic rings. The first-order chi connectivity index (χ1) is 7.20. The zero-order chi connectivity index (χ0) is 10.8. The Morgan fingerprint density at radius 3 is 2.62 bits per heavy atom. The molecular formula is C12H13Cl2NS. The van der Waals surface area contributed by atoms with Crippen LogP contribution >= 0.6 is 35.3 Å². The zero-order valence-electron chi connectivity index (χ0n) is 8.81. The van der Waals surface area contributed by atoms with E-state index < -0.39 is 0 Å². The molecule has 0 saturated heterocycles. The van der Waals surface area contributed by atoms with Crippen LogP contribution in [0.25, 0.3) is 0 Å². The van der Waals surface area contributed by atoms with Gasteiger partial charge >= 0.3 is 0 Å². The van der Waals surface area contributed by atoms with Gasteiger partial charge in [-0.15, -0.1) is 12.4 Å². The second-order valence-electron chi connectivity index (χ2n) is 3.50. The number of benzene rings is 1. The molecule has 1 aromatic heterocycles. The molecule has 2 N–H and O–H groups in total. The molecular weight excluding hydrogens is 261 g/mol. The largest absolute Gasteiger partial charge is 0.320 e. The van der Waals surface area contributed by atoms with E-state index in [1.54, 1.807) is 11.3 Å². The average Bonchev–Trinajstić information content (AvgIpc) is 2.69. The quantitative estimate of drug-likeness (QED) is 0.873. The standard InChI is InChI=1S/C12H12ClNS.ClH/c1-8-3-2-4-10(13)11(8)12(14)9-5-6-15-7-9;/h2-7,12H,14H2,1H3;1H/t12-;/m0./s1. The average molecular weight is 274 g/mol. The summed E-state index contributed by atoms with van der Waals surface area (Å²) in [6.07, 6.45) is 0. The van der Waals surface area contributed by atoms with Crippen LogP contribution in [0.4, 0.5) is 0 Å². The first kappa shape index (κ1) is 13.5. The van der Waals surface area contributed by atoms with Crippen LogP contribution in [-0.4, -0.2) is 0 Å². The van der Waals surface area contributed by atoms with E-state index >= 15 is 0 Å². The molecule has 0 aliphatic heterocycles. The fourth-order valence-electron chi connectivity index (χ4n) is 1.66. The summed E-state index contributed by atoms with van der Waals surface area (Å²) in [5, 5.41) is 4.84. The highest BCUT2D eigenvalue weighted by Crippen LogP contribution is 2.30. The topological polar surface area (TPSA) is 26.0 Å². The maximum absolute atomic E-state index is 6.18. The van der Waals surface area contributed by atoms with Crippen molar-refractivity contribution in [3.63, 3.8) is 0 Å². The van der Waals surface area contributed by atoms with E-state index in [0.29, 0.717) is 0 Å². The van der Waals surface area contributed by atoms with Crippen molar-refractivity contribution in [3.05, 3.63) is 56.7 Å². The third-order valence-electron chi connectivity index (χ3n) is 2.48. The minimum atomic E-state index is -0.120. The van der Waals surface area contributed by atoms with Crippen molar-refractivity contribution in [2.45, 2.75) is 13.0 Å². The third-order valence-corrected chi connectivity index (χ3v) is 3.52. The summed E-state index contributed by atoms with van der Waals surface area (Å²) in [5.41, 5.74) is 9.47. The molecule has 0 fully saturated rings. The Hall–Kier alpha value is -0.540. The summed E-state index contributed by atoms with van der Waals surface area (Å²) >= 11 is 7.82. The van der Waals surface area contributed by atoms with Crippen molar-refractivity contribution in [1.82, 2.24) is 0 Å². The monoisotopic (exact) mass is 273 g/mol. The molecule has 1 heterocycles. The Bertz CT molecular complexity index is 434. The Balaban J connectivity index is 0.00000128. The summed E-state index contributed by atoms with van der Waals surface area (Å²) in [4.78, 5) is 0. The number of hydrogen-bond acceptors (Lipinski definition) is 2. The predicted molar refractivity (Wildman–Crippen MR) is 73.8 cm³/mol. The Morgan fingerprint density at radius 2 is 2.06 bits per heavy atom. The number of aryl methyl sites for hydroxylation is 1. The summed E-state index contributed by atoms with van der Waals surface area (Å²) < 4.78 is 0. The first-order valence-electron chi connectivity index (χ1n) is 4.73. The van der Waals surface area contributed by atoms with Gasteiger partial charge in [-0.1, -0.05) is 23.7 Å². The van der Waals surface area contributed by atoms with Crippen LogP contribution in [0.2, 0.25) is 5.02 Å². The van der Waals surface area contributed by atoms with Crippen LogP contribution in [-0.2, 0) is 0 Å². The molecule has 1 aromatic carbocycles. The van der Waals surface area contributed by atoms with Crippen molar-refractivity contribution in [3.8, 4) is 0 Å². The molecule has 1 nitrogen and oxygen atoms in total. The molecule has 2 aromatic rings. The van der Waals surface area contributed by atoms with Gasteiger partial charge in [0.1, 0.15) is 0 Å². The molecule has 0 unspecified atom stereocenters. The highest BCUT2D eigenvalue weighted by molar-refractivity contribution is 7.08. The summed E-state index contributed by atoms with van der Waals surface area (Å²) in [6.45, 7) is 2.04. The number of thiophene rings is 1. The molecule has 0 saturated carbocycles. The Kier molecular flexibility index (Phi) is 4.81. The van der Waals surface area contributed by atoms with Crippen LogP contribution in [0.15, 0.2) is 35.0 Å². The molecule has 0 amide bonds. The van der Waals surface area contributed by atoms with Crippen molar-refractivity contribution < 1.29 is 0 Å². The van der Waals surface area contributed by atoms with Crippen molar-refractivity contribution in [2.24, 2.45) is 5.73 Å². The van der Waals surface area contributed by atoms with Gasteiger partial charge < -0.3 is 5.73 Å². The van der Waals surface area contributed by atoms with E-state index in [1.165, 1.54) is 0 Å². The Labute approximate surface area is 111 Å². The number of rotatable bonds is 2. The van der Waals surface area contributed by atoms with Gasteiger partial charge in [0.15, 0.2) is 0 Å². The molecule has 16 heavy (non-hydrogen) atoms. The van der Waals surface area contributed by atoms with Gasteiger partial charge in [0, 0.05) is 5.02 Å². The van der Waals surface area contributed by atoms with Gasteiger partial charge in [0.2, 0.25) is 0 Å². The lowest BCUT2D eigenvalue weighted by Gasteiger charge is -2.15. The third kappa shape index (κ3) is 2.58. The van der Waals surface area contributed by atoms with Gasteiger partial charge in [0.05, 0.1) is 6.04 Å². The minimum Gasteiger partial charge on any atom is -0.320 e. The second kappa shape index (κ2) is 5.69. The molecule has 0 aliphatic carbocycles. The molecule has 0 bridgehead atoms. The summed E-state index contributed by atoms with van der Waals surface area (Å²) in [7, 11) is 0. The smallest absolute Gasteiger partial charge is 0.0577 e. The van der Waals surface area contributed by atoms with E-state index in [1.807, 2.05) is 36.6 Å². The molecule has 2 rings (SSSR count). The number of hydrogen-bond donors (Lipinski definition) is 1. The first-order valence-corrected chi connectivity index (χ1v) is 6.05. The van der Waals surface area contributed by atoms with Gasteiger partial charge in [-0.2, -0.15) is 11.3 Å². The van der Waals surface area contributed by atoms with Crippen LogP contribution in [0, 0.1) is 6.92 Å². The molecule has 0 radical (unpaired) electrons. The fraction of sp³-hybridized carbons (Fsp3) is 0.167. The molecule has 1 atom stereocenters. The maximum atomic E-state index is 6.18. The normalized spacial score (nSPS) is 11.9. The van der Waals surface area contributed by atoms with Crippen molar-refractivity contribution in [2.75, 3.05) is 0 Å². The maximum Gasteiger partial charge on any atom is 0.0577 e. The van der Waals surface area contributed by atoms with E-state index in [4.69, 9.17) is 17.3 Å². The SMILES string of the molecule is Cc1cccc(Cl)c1[C@@H](N)c1ccsc1.Cl. The van der Waals surface area contributed by atoms with Gasteiger partial charge in [0.25, 0.3) is 0 Å². The molecule has 0 spiro atoms. The number of nitrogens with two attached hydrogens (primary N) is 1. The number of halogens is 2. The molecule has 86 valence electrons. The van der Waals surface area contributed by atoms with Crippen molar-refractivity contribution in [1.29, 1.82) is 0 Å². The zero-order valence-corrected chi connectivity index (χ0v) is 11.2. The van der Waals surface area contributed by atoms with Crippen LogP contribution in [0.5, 0.6) is 0 Å². The van der Waals surface area contributed by atoms with Crippen LogP contribution in [0.3, 0.4) is 0 Å². The lowest BCUT2D eigenvalue weighted by molar-refractivity contribution is 0.867. The molecule has 4 heteroatoms. The van der Waals surface area contributed by atoms with Gasteiger partial charge in [-0.05, 0) is 46.5 Å². The lowest BCUT2D eigenvalue weighted by Crippen LogP contribution is -2.12. The summed E-state index contributed by atoms with van der Waals surface area (Å²) in [6, 6.07) is 7.79. The van der Waals surface area contributed by atoms with E-state index in [2.05, 4.69) is 5.38 Å². The van der Waals surface area contributed by atoms with Crippen LogP contribution < -0.4 is 5.73 Å². The van der Waals surface area contributed by atoms with Crippen molar-refractivity contribution >= 4 is 35.3 Å². The minimum absolute atomic E-state index is 0. The van der Waals surface area contributed by atoms with Crippen LogP contribution in [0.1, 0.15) is 22.7 Å². The van der Waals surface area contributed by atoms with Gasteiger partial charge in [-0.3, -0.25) is 0 Å². The highest BCUT2D eigenvalue weighted by atomic mass is 35.5. The fourth-order valence-corrected chi connectivity index (χ4v) is 2.69. The lowest BCUT2D eigenvalue weighted by atomic mass is 9.98. The van der Waals surface area contributed by atoms with E-state index in [-0.39, 0.29) is 18.4 Å². The summed E-state index contributed by atoms with van der Waals surface area (Å²) in [5.74, 6) is 0. The predicted octanol–water partition coefficient (Wildman–Crippen LogP) is 4.18. The van der Waals surface area contributed by atoms with E-state index in [0.717, 1.165) is 21.7 Å². The highest BCUT2D eigenvalue weighted by Gasteiger charge is 2.14.